The molecule has 1 unspecified atom stereocenters. The molecule has 2 rings (SSSR count). The molecule has 2 nitrogen and oxygen atoms in total. The van der Waals surface area contributed by atoms with Gasteiger partial charge in [0.15, 0.2) is 0 Å². The lowest BCUT2D eigenvalue weighted by atomic mass is 10.1. The quantitative estimate of drug-likeness (QED) is 0.762. The fourth-order valence-corrected chi connectivity index (χ4v) is 1.55. The third-order valence-electron chi connectivity index (χ3n) is 2.10. The van der Waals surface area contributed by atoms with Crippen molar-refractivity contribution in [2.45, 2.75) is 19.4 Å². The molecule has 1 N–H and O–H groups in total. The summed E-state index contributed by atoms with van der Waals surface area (Å²) in [5.74, 6) is 0. The normalized spacial score (nSPS) is 13.4. The molecular weight excluding hydrogens is 164 g/mol. The Morgan fingerprint density at radius 1 is 1.38 bits per heavy atom. The second-order valence-electron chi connectivity index (χ2n) is 3.30. The summed E-state index contributed by atoms with van der Waals surface area (Å²) in [6, 6.07) is 7.84. The number of furan rings is 1. The van der Waals surface area contributed by atoms with Gasteiger partial charge >= 0.3 is 0 Å². The first-order valence-corrected chi connectivity index (χ1v) is 4.40. The Morgan fingerprint density at radius 2 is 2.23 bits per heavy atom. The molecule has 0 amide bonds. The van der Waals surface area contributed by atoms with Crippen molar-refractivity contribution < 1.29 is 9.52 Å². The Labute approximate surface area is 76.8 Å². The van der Waals surface area contributed by atoms with Gasteiger partial charge in [-0.05, 0) is 31.0 Å². The van der Waals surface area contributed by atoms with E-state index >= 15 is 0 Å². The van der Waals surface area contributed by atoms with Crippen LogP contribution < -0.4 is 0 Å². The third kappa shape index (κ3) is 1.58. The van der Waals surface area contributed by atoms with Crippen LogP contribution in [0, 0.1) is 0 Å². The Hall–Kier alpha value is -1.28. The van der Waals surface area contributed by atoms with Crippen molar-refractivity contribution in [1.82, 2.24) is 0 Å². The SMILES string of the molecule is CC(O)Cc1cccc2occc12. The van der Waals surface area contributed by atoms with Gasteiger partial charge in [0.2, 0.25) is 0 Å². The molecule has 0 aliphatic carbocycles. The molecule has 0 fully saturated rings. The summed E-state index contributed by atoms with van der Waals surface area (Å²) < 4.78 is 5.26. The van der Waals surface area contributed by atoms with Gasteiger partial charge in [-0.1, -0.05) is 12.1 Å². The van der Waals surface area contributed by atoms with E-state index in [1.54, 1.807) is 13.2 Å². The van der Waals surface area contributed by atoms with E-state index < -0.39 is 0 Å². The van der Waals surface area contributed by atoms with Gasteiger partial charge in [0, 0.05) is 5.39 Å². The largest absolute Gasteiger partial charge is 0.464 e. The number of aliphatic hydroxyl groups excluding tert-OH is 1. The smallest absolute Gasteiger partial charge is 0.134 e. The summed E-state index contributed by atoms with van der Waals surface area (Å²) in [5.41, 5.74) is 2.03. The second kappa shape index (κ2) is 3.23. The summed E-state index contributed by atoms with van der Waals surface area (Å²) >= 11 is 0. The number of hydrogen-bond acceptors (Lipinski definition) is 2. The maximum Gasteiger partial charge on any atom is 0.134 e. The number of rotatable bonds is 2. The monoisotopic (exact) mass is 176 g/mol. The van der Waals surface area contributed by atoms with Gasteiger partial charge in [-0.2, -0.15) is 0 Å². The van der Waals surface area contributed by atoms with Gasteiger partial charge in [0.05, 0.1) is 12.4 Å². The van der Waals surface area contributed by atoms with Crippen LogP contribution in [0.15, 0.2) is 34.9 Å². The van der Waals surface area contributed by atoms with Crippen LogP contribution in [0.3, 0.4) is 0 Å². The Morgan fingerprint density at radius 3 is 3.00 bits per heavy atom. The van der Waals surface area contributed by atoms with Gasteiger partial charge < -0.3 is 9.52 Å². The molecule has 1 aromatic heterocycles. The first kappa shape index (κ1) is 8.32. The van der Waals surface area contributed by atoms with Crippen LogP contribution >= 0.6 is 0 Å². The van der Waals surface area contributed by atoms with Crippen LogP contribution in [0.2, 0.25) is 0 Å². The van der Waals surface area contributed by atoms with Crippen molar-refractivity contribution in [1.29, 1.82) is 0 Å². The fourth-order valence-electron chi connectivity index (χ4n) is 1.55. The van der Waals surface area contributed by atoms with Gasteiger partial charge in [0.1, 0.15) is 5.58 Å². The minimum atomic E-state index is -0.305. The van der Waals surface area contributed by atoms with Crippen LogP contribution in [0.4, 0.5) is 0 Å². The maximum atomic E-state index is 9.27. The molecule has 1 heterocycles. The molecule has 0 aliphatic rings. The van der Waals surface area contributed by atoms with Crippen molar-refractivity contribution in [2.75, 3.05) is 0 Å². The third-order valence-corrected chi connectivity index (χ3v) is 2.10. The molecule has 0 saturated carbocycles. The van der Waals surface area contributed by atoms with Gasteiger partial charge in [-0.15, -0.1) is 0 Å². The maximum absolute atomic E-state index is 9.27. The first-order chi connectivity index (χ1) is 6.27. The van der Waals surface area contributed by atoms with Crippen molar-refractivity contribution in [3.63, 3.8) is 0 Å². The molecule has 0 spiro atoms. The number of fused-ring (bicyclic) bond motifs is 1. The van der Waals surface area contributed by atoms with Crippen LogP contribution in [0.1, 0.15) is 12.5 Å². The average molecular weight is 176 g/mol. The highest BCUT2D eigenvalue weighted by Gasteiger charge is 2.05. The van der Waals surface area contributed by atoms with E-state index in [9.17, 15) is 5.11 Å². The van der Waals surface area contributed by atoms with E-state index in [1.807, 2.05) is 24.3 Å². The highest BCUT2D eigenvalue weighted by atomic mass is 16.3. The standard InChI is InChI=1S/C11H12O2/c1-8(12)7-9-3-2-4-11-10(9)5-6-13-11/h2-6,8,12H,7H2,1H3. The molecule has 0 bridgehead atoms. The summed E-state index contributed by atoms with van der Waals surface area (Å²) in [6.45, 7) is 1.79. The van der Waals surface area contributed by atoms with Crippen LogP contribution in [0.5, 0.6) is 0 Å². The van der Waals surface area contributed by atoms with Crippen molar-refractivity contribution in [3.05, 3.63) is 36.1 Å². The van der Waals surface area contributed by atoms with Crippen molar-refractivity contribution in [3.8, 4) is 0 Å². The van der Waals surface area contributed by atoms with Gasteiger partial charge in [-0.3, -0.25) is 0 Å². The predicted octanol–water partition coefficient (Wildman–Crippen LogP) is 2.36. The van der Waals surface area contributed by atoms with E-state index in [-0.39, 0.29) is 6.10 Å². The lowest BCUT2D eigenvalue weighted by molar-refractivity contribution is 0.196. The van der Waals surface area contributed by atoms with Gasteiger partial charge in [-0.25, -0.2) is 0 Å². The Bertz CT molecular complexity index is 401. The molecule has 68 valence electrons. The predicted molar refractivity (Wildman–Crippen MR) is 51.6 cm³/mol. The topological polar surface area (TPSA) is 33.4 Å². The van der Waals surface area contributed by atoms with Crippen molar-refractivity contribution in [2.24, 2.45) is 0 Å². The summed E-state index contributed by atoms with van der Waals surface area (Å²) in [7, 11) is 0. The van der Waals surface area contributed by atoms with E-state index in [2.05, 4.69) is 0 Å². The Balaban J connectivity index is 2.48. The highest BCUT2D eigenvalue weighted by molar-refractivity contribution is 5.80. The highest BCUT2D eigenvalue weighted by Crippen LogP contribution is 2.20. The zero-order valence-corrected chi connectivity index (χ0v) is 7.53. The van der Waals surface area contributed by atoms with Gasteiger partial charge in [0.25, 0.3) is 0 Å². The molecule has 13 heavy (non-hydrogen) atoms. The minimum Gasteiger partial charge on any atom is -0.464 e. The molecule has 2 aromatic rings. The number of aliphatic hydroxyl groups is 1. The zero-order valence-electron chi connectivity index (χ0n) is 7.53. The molecular formula is C11H12O2. The molecule has 2 heteroatoms. The fraction of sp³-hybridized carbons (Fsp3) is 0.273. The van der Waals surface area contributed by atoms with E-state index in [4.69, 9.17) is 4.42 Å². The van der Waals surface area contributed by atoms with E-state index in [0.717, 1.165) is 16.5 Å². The van der Waals surface area contributed by atoms with E-state index in [1.165, 1.54) is 0 Å². The van der Waals surface area contributed by atoms with Crippen LogP contribution in [-0.2, 0) is 6.42 Å². The molecule has 1 atom stereocenters. The Kier molecular flexibility index (Phi) is 2.07. The molecule has 0 saturated heterocycles. The average Bonchev–Trinajstić information content (AvgIpc) is 2.51. The van der Waals surface area contributed by atoms with Crippen molar-refractivity contribution >= 4 is 11.0 Å². The molecule has 0 aliphatic heterocycles. The van der Waals surface area contributed by atoms with Crippen LogP contribution in [0.25, 0.3) is 11.0 Å². The molecule has 1 aromatic carbocycles. The number of hydrogen-bond donors (Lipinski definition) is 1. The van der Waals surface area contributed by atoms with E-state index in [0.29, 0.717) is 6.42 Å². The van der Waals surface area contributed by atoms with Crippen LogP contribution in [-0.4, -0.2) is 11.2 Å². The summed E-state index contributed by atoms with van der Waals surface area (Å²) in [4.78, 5) is 0. The molecule has 0 radical (unpaired) electrons. The number of benzene rings is 1. The lowest BCUT2D eigenvalue weighted by Crippen LogP contribution is -2.03. The summed E-state index contributed by atoms with van der Waals surface area (Å²) in [5, 5.41) is 10.4. The summed E-state index contributed by atoms with van der Waals surface area (Å²) in [6.07, 6.45) is 2.05. The minimum absolute atomic E-state index is 0.305. The lowest BCUT2D eigenvalue weighted by Gasteiger charge is -2.04. The first-order valence-electron chi connectivity index (χ1n) is 4.40. The second-order valence-corrected chi connectivity index (χ2v) is 3.30. The zero-order chi connectivity index (χ0) is 9.26.